The summed E-state index contributed by atoms with van der Waals surface area (Å²) in [5.74, 6) is -1.40. The van der Waals surface area contributed by atoms with Gasteiger partial charge in [-0.05, 0) is 6.42 Å². The highest BCUT2D eigenvalue weighted by Gasteiger charge is 2.34. The molecule has 2 atom stereocenters. The maximum Gasteiger partial charge on any atom is 0.409 e. The molecule has 1 fully saturated rings. The third-order valence-electron chi connectivity index (χ3n) is 2.42. The van der Waals surface area contributed by atoms with E-state index in [1.165, 1.54) is 7.11 Å². The van der Waals surface area contributed by atoms with E-state index >= 15 is 0 Å². The molecule has 0 aromatic heterocycles. The molecule has 1 heterocycles. The SMILES string of the molecule is COC1CC(C(=O)O)CCN1C(=O)O. The van der Waals surface area contributed by atoms with Gasteiger partial charge in [-0.2, -0.15) is 0 Å². The van der Waals surface area contributed by atoms with Gasteiger partial charge in [-0.1, -0.05) is 0 Å². The Morgan fingerprint density at radius 2 is 2.07 bits per heavy atom. The molecule has 0 aromatic rings. The molecule has 0 bridgehead atoms. The van der Waals surface area contributed by atoms with Crippen molar-refractivity contribution in [1.29, 1.82) is 0 Å². The molecule has 1 amide bonds. The number of piperidine rings is 1. The van der Waals surface area contributed by atoms with Crippen LogP contribution in [0.1, 0.15) is 12.8 Å². The van der Waals surface area contributed by atoms with Crippen LogP contribution in [0.2, 0.25) is 0 Å². The van der Waals surface area contributed by atoms with Crippen LogP contribution in [0.4, 0.5) is 4.79 Å². The summed E-state index contributed by atoms with van der Waals surface area (Å²) in [4.78, 5) is 22.5. The molecule has 1 aliphatic rings. The van der Waals surface area contributed by atoms with Crippen molar-refractivity contribution in [2.75, 3.05) is 13.7 Å². The topological polar surface area (TPSA) is 87.1 Å². The summed E-state index contributed by atoms with van der Waals surface area (Å²) in [6.07, 6.45) is -1.14. The van der Waals surface area contributed by atoms with E-state index in [2.05, 4.69) is 0 Å². The number of ether oxygens (including phenoxy) is 1. The summed E-state index contributed by atoms with van der Waals surface area (Å²) in [5.41, 5.74) is 0. The highest BCUT2D eigenvalue weighted by molar-refractivity contribution is 5.71. The first-order chi connectivity index (χ1) is 6.56. The number of aliphatic carboxylic acids is 1. The maximum atomic E-state index is 10.7. The number of carboxylic acid groups (broad SMARTS) is 2. The zero-order valence-electron chi connectivity index (χ0n) is 7.84. The third-order valence-corrected chi connectivity index (χ3v) is 2.42. The zero-order chi connectivity index (χ0) is 10.7. The smallest absolute Gasteiger partial charge is 0.409 e. The second-order valence-electron chi connectivity index (χ2n) is 3.23. The number of carbonyl (C=O) groups is 2. The Morgan fingerprint density at radius 1 is 1.43 bits per heavy atom. The summed E-state index contributed by atoms with van der Waals surface area (Å²) in [5, 5.41) is 17.5. The van der Waals surface area contributed by atoms with Crippen molar-refractivity contribution >= 4 is 12.1 Å². The standard InChI is InChI=1S/C8H13NO5/c1-14-6-4-5(7(10)11)2-3-9(6)8(12)13/h5-6H,2-4H2,1H3,(H,10,11)(H,12,13). The Balaban J connectivity index is 2.63. The van der Waals surface area contributed by atoms with Crippen molar-refractivity contribution in [3.63, 3.8) is 0 Å². The van der Waals surface area contributed by atoms with Crippen molar-refractivity contribution < 1.29 is 24.5 Å². The van der Waals surface area contributed by atoms with Gasteiger partial charge in [0.25, 0.3) is 0 Å². The lowest BCUT2D eigenvalue weighted by Crippen LogP contribution is -2.47. The predicted molar refractivity (Wildman–Crippen MR) is 45.9 cm³/mol. The number of hydrogen-bond donors (Lipinski definition) is 2. The van der Waals surface area contributed by atoms with Crippen LogP contribution < -0.4 is 0 Å². The van der Waals surface area contributed by atoms with Crippen molar-refractivity contribution in [2.45, 2.75) is 19.1 Å². The third kappa shape index (κ3) is 2.14. The first kappa shape index (κ1) is 10.8. The number of carboxylic acids is 1. The Kier molecular flexibility index (Phi) is 3.29. The highest BCUT2D eigenvalue weighted by Crippen LogP contribution is 2.23. The van der Waals surface area contributed by atoms with Gasteiger partial charge < -0.3 is 14.9 Å². The molecular formula is C8H13NO5. The van der Waals surface area contributed by atoms with Crippen LogP contribution in [-0.4, -0.2) is 47.1 Å². The fourth-order valence-corrected chi connectivity index (χ4v) is 1.59. The van der Waals surface area contributed by atoms with Crippen LogP contribution in [-0.2, 0) is 9.53 Å². The number of methoxy groups -OCH3 is 1. The molecule has 0 spiro atoms. The second-order valence-corrected chi connectivity index (χ2v) is 3.23. The predicted octanol–water partition coefficient (Wildman–Crippen LogP) is 0.434. The molecule has 2 N–H and O–H groups in total. The van der Waals surface area contributed by atoms with Crippen LogP contribution in [0.15, 0.2) is 0 Å². The van der Waals surface area contributed by atoms with Gasteiger partial charge in [-0.15, -0.1) is 0 Å². The number of likely N-dealkylation sites (tertiary alicyclic amines) is 1. The molecule has 2 unspecified atom stereocenters. The van der Waals surface area contributed by atoms with Crippen LogP contribution in [0.25, 0.3) is 0 Å². The van der Waals surface area contributed by atoms with Gasteiger partial charge in [-0.25, -0.2) is 4.79 Å². The minimum Gasteiger partial charge on any atom is -0.481 e. The highest BCUT2D eigenvalue weighted by atomic mass is 16.5. The monoisotopic (exact) mass is 203 g/mol. The van der Waals surface area contributed by atoms with E-state index < -0.39 is 24.2 Å². The van der Waals surface area contributed by atoms with E-state index in [4.69, 9.17) is 14.9 Å². The maximum absolute atomic E-state index is 10.7. The van der Waals surface area contributed by atoms with Crippen molar-refractivity contribution in [3.8, 4) is 0 Å². The van der Waals surface area contributed by atoms with Crippen LogP contribution in [0, 0.1) is 5.92 Å². The van der Waals surface area contributed by atoms with Crippen molar-refractivity contribution in [1.82, 2.24) is 4.90 Å². The Hall–Kier alpha value is -1.30. The zero-order valence-corrected chi connectivity index (χ0v) is 7.84. The molecular weight excluding hydrogens is 190 g/mol. The summed E-state index contributed by atoms with van der Waals surface area (Å²) >= 11 is 0. The summed E-state index contributed by atoms with van der Waals surface area (Å²) < 4.78 is 4.93. The molecule has 1 saturated heterocycles. The quantitative estimate of drug-likeness (QED) is 0.679. The Labute approximate surface area is 81.1 Å². The van der Waals surface area contributed by atoms with Gasteiger partial charge in [0.15, 0.2) is 0 Å². The van der Waals surface area contributed by atoms with E-state index in [0.717, 1.165) is 4.90 Å². The minimum atomic E-state index is -1.07. The first-order valence-electron chi connectivity index (χ1n) is 4.31. The molecule has 1 rings (SSSR count). The lowest BCUT2D eigenvalue weighted by Gasteiger charge is -2.34. The molecule has 80 valence electrons. The van der Waals surface area contributed by atoms with E-state index in [1.54, 1.807) is 0 Å². The molecule has 0 aromatic carbocycles. The number of rotatable bonds is 2. The molecule has 14 heavy (non-hydrogen) atoms. The first-order valence-corrected chi connectivity index (χ1v) is 4.31. The molecule has 6 nitrogen and oxygen atoms in total. The van der Waals surface area contributed by atoms with Gasteiger partial charge in [-0.3, -0.25) is 9.69 Å². The number of hydrogen-bond acceptors (Lipinski definition) is 3. The molecule has 6 heteroatoms. The Bertz CT molecular complexity index is 242. The van der Waals surface area contributed by atoms with E-state index in [1.807, 2.05) is 0 Å². The normalized spacial score (nSPS) is 27.4. The average molecular weight is 203 g/mol. The second kappa shape index (κ2) is 4.28. The van der Waals surface area contributed by atoms with Crippen LogP contribution in [0.3, 0.4) is 0 Å². The molecule has 0 radical (unpaired) electrons. The van der Waals surface area contributed by atoms with Gasteiger partial charge >= 0.3 is 12.1 Å². The summed E-state index contributed by atoms with van der Waals surface area (Å²) in [6, 6.07) is 0. The number of nitrogens with zero attached hydrogens (tertiary/aromatic N) is 1. The Morgan fingerprint density at radius 3 is 2.50 bits per heavy atom. The minimum absolute atomic E-state index is 0.213. The molecule has 0 saturated carbocycles. The van der Waals surface area contributed by atoms with Gasteiger partial charge in [0.05, 0.1) is 5.92 Å². The van der Waals surface area contributed by atoms with E-state index in [9.17, 15) is 9.59 Å². The lowest BCUT2D eigenvalue weighted by atomic mass is 9.96. The fraction of sp³-hybridized carbons (Fsp3) is 0.750. The molecule has 1 aliphatic heterocycles. The van der Waals surface area contributed by atoms with Crippen LogP contribution in [0.5, 0.6) is 0 Å². The van der Waals surface area contributed by atoms with Crippen molar-refractivity contribution in [3.05, 3.63) is 0 Å². The van der Waals surface area contributed by atoms with E-state index in [-0.39, 0.29) is 13.0 Å². The van der Waals surface area contributed by atoms with E-state index in [0.29, 0.717) is 6.42 Å². The van der Waals surface area contributed by atoms with Crippen LogP contribution >= 0.6 is 0 Å². The lowest BCUT2D eigenvalue weighted by molar-refractivity contribution is -0.148. The van der Waals surface area contributed by atoms with Gasteiger partial charge in [0.2, 0.25) is 0 Å². The largest absolute Gasteiger partial charge is 0.481 e. The fourth-order valence-electron chi connectivity index (χ4n) is 1.59. The van der Waals surface area contributed by atoms with Gasteiger partial charge in [0.1, 0.15) is 6.23 Å². The summed E-state index contributed by atoms with van der Waals surface area (Å²) in [6.45, 7) is 0.213. The van der Waals surface area contributed by atoms with Crippen molar-refractivity contribution in [2.24, 2.45) is 5.92 Å². The van der Waals surface area contributed by atoms with Gasteiger partial charge in [0, 0.05) is 20.1 Å². The average Bonchev–Trinajstić information content (AvgIpc) is 2.16. The molecule has 0 aliphatic carbocycles. The summed E-state index contributed by atoms with van der Waals surface area (Å²) in [7, 11) is 1.38. The number of amides is 1.